The monoisotopic (exact) mass is 244 g/mol. The zero-order chi connectivity index (χ0) is 12.5. The highest BCUT2D eigenvalue weighted by atomic mass is 15.1. The van der Waals surface area contributed by atoms with Crippen LogP contribution in [0.2, 0.25) is 0 Å². The number of fused-ring (bicyclic) bond motifs is 1. The summed E-state index contributed by atoms with van der Waals surface area (Å²) in [4.78, 5) is 2.62. The summed E-state index contributed by atoms with van der Waals surface area (Å²) in [5.74, 6) is 0.972. The molecule has 1 aromatic rings. The Bertz CT molecular complexity index is 421. The maximum atomic E-state index is 3.48. The predicted octanol–water partition coefficient (Wildman–Crippen LogP) is 3.28. The van der Waals surface area contributed by atoms with Crippen molar-refractivity contribution >= 4 is 5.69 Å². The van der Waals surface area contributed by atoms with Crippen LogP contribution in [0, 0.1) is 5.92 Å². The number of nitrogens with zero attached hydrogens (tertiary/aromatic N) is 1. The summed E-state index contributed by atoms with van der Waals surface area (Å²) in [5.41, 5.74) is 4.30. The van der Waals surface area contributed by atoms with Gasteiger partial charge in [0.15, 0.2) is 0 Å². The van der Waals surface area contributed by atoms with E-state index in [1.54, 1.807) is 0 Å². The first-order valence-electron chi connectivity index (χ1n) is 7.32. The Hall–Kier alpha value is -1.02. The third-order valence-corrected chi connectivity index (χ3v) is 4.19. The summed E-state index contributed by atoms with van der Waals surface area (Å²) in [7, 11) is 0. The van der Waals surface area contributed by atoms with E-state index in [0.717, 1.165) is 19.0 Å². The highest BCUT2D eigenvalue weighted by molar-refractivity contribution is 5.57. The first-order valence-corrected chi connectivity index (χ1v) is 7.32. The fourth-order valence-corrected chi connectivity index (χ4v) is 2.76. The van der Waals surface area contributed by atoms with Crippen molar-refractivity contribution in [3.63, 3.8) is 0 Å². The Morgan fingerprint density at radius 1 is 1.33 bits per heavy atom. The predicted molar refractivity (Wildman–Crippen MR) is 76.9 cm³/mol. The van der Waals surface area contributed by atoms with Crippen LogP contribution in [0.1, 0.15) is 37.8 Å². The van der Waals surface area contributed by atoms with Gasteiger partial charge in [-0.2, -0.15) is 0 Å². The zero-order valence-electron chi connectivity index (χ0n) is 11.6. The van der Waals surface area contributed by atoms with Gasteiger partial charge in [-0.05, 0) is 56.2 Å². The minimum atomic E-state index is 0.645. The lowest BCUT2D eigenvalue weighted by molar-refractivity contribution is 0.204. The standard InChI is InChI=1S/C16H24N2/c1-12(2)18(10-13-3-4-13)11-14-5-6-15-7-8-17-16(15)9-14/h5-6,9,12-13,17H,3-4,7-8,10-11H2,1-2H3. The van der Waals surface area contributed by atoms with E-state index in [-0.39, 0.29) is 0 Å². The largest absolute Gasteiger partial charge is 0.384 e. The van der Waals surface area contributed by atoms with Crippen molar-refractivity contribution in [1.82, 2.24) is 4.90 Å². The average Bonchev–Trinajstić information content (AvgIpc) is 3.04. The minimum absolute atomic E-state index is 0.645. The van der Waals surface area contributed by atoms with Gasteiger partial charge in [-0.3, -0.25) is 4.90 Å². The smallest absolute Gasteiger partial charge is 0.0376 e. The Morgan fingerprint density at radius 2 is 2.17 bits per heavy atom. The molecule has 1 aliphatic heterocycles. The molecule has 1 aliphatic carbocycles. The molecule has 1 N–H and O–H groups in total. The quantitative estimate of drug-likeness (QED) is 0.855. The van der Waals surface area contributed by atoms with Gasteiger partial charge >= 0.3 is 0 Å². The van der Waals surface area contributed by atoms with Crippen molar-refractivity contribution in [2.75, 3.05) is 18.4 Å². The maximum Gasteiger partial charge on any atom is 0.0376 e. The van der Waals surface area contributed by atoms with Gasteiger partial charge in [-0.1, -0.05) is 12.1 Å². The van der Waals surface area contributed by atoms with Gasteiger partial charge in [0.2, 0.25) is 0 Å². The highest BCUT2D eigenvalue weighted by Crippen LogP contribution is 2.31. The minimum Gasteiger partial charge on any atom is -0.384 e. The van der Waals surface area contributed by atoms with E-state index in [2.05, 4.69) is 42.3 Å². The first kappa shape index (κ1) is 12.0. The molecule has 1 heterocycles. The van der Waals surface area contributed by atoms with Crippen LogP contribution in [0.4, 0.5) is 5.69 Å². The lowest BCUT2D eigenvalue weighted by Crippen LogP contribution is -2.32. The molecule has 0 aromatic heterocycles. The molecule has 1 fully saturated rings. The molecule has 0 amide bonds. The van der Waals surface area contributed by atoms with Crippen molar-refractivity contribution < 1.29 is 0 Å². The Morgan fingerprint density at radius 3 is 2.89 bits per heavy atom. The van der Waals surface area contributed by atoms with Crippen LogP contribution in [0.3, 0.4) is 0 Å². The number of hydrogen-bond acceptors (Lipinski definition) is 2. The molecule has 2 nitrogen and oxygen atoms in total. The second kappa shape index (κ2) is 4.93. The summed E-state index contributed by atoms with van der Waals surface area (Å²) < 4.78 is 0. The fraction of sp³-hybridized carbons (Fsp3) is 0.625. The molecule has 18 heavy (non-hydrogen) atoms. The van der Waals surface area contributed by atoms with Crippen molar-refractivity contribution in [1.29, 1.82) is 0 Å². The van der Waals surface area contributed by atoms with Gasteiger partial charge in [0, 0.05) is 31.4 Å². The molecule has 1 saturated carbocycles. The number of anilines is 1. The first-order chi connectivity index (χ1) is 8.72. The summed E-state index contributed by atoms with van der Waals surface area (Å²) >= 11 is 0. The molecule has 0 unspecified atom stereocenters. The van der Waals surface area contributed by atoms with Crippen LogP contribution < -0.4 is 5.32 Å². The zero-order valence-corrected chi connectivity index (χ0v) is 11.6. The van der Waals surface area contributed by atoms with Crippen molar-refractivity contribution in [2.24, 2.45) is 5.92 Å². The van der Waals surface area contributed by atoms with Gasteiger partial charge in [0.1, 0.15) is 0 Å². The van der Waals surface area contributed by atoms with Crippen LogP contribution in [0.5, 0.6) is 0 Å². The SMILES string of the molecule is CC(C)N(Cc1ccc2c(c1)NCC2)CC1CC1. The number of hydrogen-bond donors (Lipinski definition) is 1. The Labute approximate surface area is 110 Å². The number of nitrogens with one attached hydrogen (secondary N) is 1. The van der Waals surface area contributed by atoms with Gasteiger partial charge in [0.25, 0.3) is 0 Å². The molecule has 0 saturated heterocycles. The van der Waals surface area contributed by atoms with E-state index in [4.69, 9.17) is 0 Å². The van der Waals surface area contributed by atoms with Crippen molar-refractivity contribution in [3.8, 4) is 0 Å². The molecule has 0 bridgehead atoms. The van der Waals surface area contributed by atoms with E-state index < -0.39 is 0 Å². The van der Waals surface area contributed by atoms with Crippen LogP contribution >= 0.6 is 0 Å². The van der Waals surface area contributed by atoms with E-state index in [1.807, 2.05) is 0 Å². The van der Waals surface area contributed by atoms with Gasteiger partial charge in [-0.25, -0.2) is 0 Å². The van der Waals surface area contributed by atoms with Crippen LogP contribution in [-0.2, 0) is 13.0 Å². The van der Waals surface area contributed by atoms with Gasteiger partial charge in [-0.15, -0.1) is 0 Å². The molecule has 0 spiro atoms. The molecular weight excluding hydrogens is 220 g/mol. The number of rotatable bonds is 5. The lowest BCUT2D eigenvalue weighted by Gasteiger charge is -2.26. The molecule has 2 aliphatic rings. The van der Waals surface area contributed by atoms with E-state index in [0.29, 0.717) is 6.04 Å². The van der Waals surface area contributed by atoms with Crippen LogP contribution in [0.25, 0.3) is 0 Å². The van der Waals surface area contributed by atoms with Crippen molar-refractivity contribution in [2.45, 2.75) is 45.7 Å². The summed E-state index contributed by atoms with van der Waals surface area (Å²) in [6.45, 7) is 8.11. The molecule has 0 atom stereocenters. The maximum absolute atomic E-state index is 3.48. The molecule has 3 rings (SSSR count). The van der Waals surface area contributed by atoms with E-state index in [9.17, 15) is 0 Å². The fourth-order valence-electron chi connectivity index (χ4n) is 2.76. The van der Waals surface area contributed by atoms with Crippen molar-refractivity contribution in [3.05, 3.63) is 29.3 Å². The second-order valence-electron chi connectivity index (χ2n) is 6.13. The van der Waals surface area contributed by atoms with Gasteiger partial charge < -0.3 is 5.32 Å². The Kier molecular flexibility index (Phi) is 3.29. The normalized spacial score (nSPS) is 18.2. The summed E-state index contributed by atoms with van der Waals surface area (Å²) in [6, 6.07) is 7.62. The summed E-state index contributed by atoms with van der Waals surface area (Å²) in [5, 5.41) is 3.48. The lowest BCUT2D eigenvalue weighted by atomic mass is 10.1. The number of benzene rings is 1. The third-order valence-electron chi connectivity index (χ3n) is 4.19. The van der Waals surface area contributed by atoms with Crippen LogP contribution in [0.15, 0.2) is 18.2 Å². The Balaban J connectivity index is 1.69. The second-order valence-corrected chi connectivity index (χ2v) is 6.13. The van der Waals surface area contributed by atoms with E-state index in [1.165, 1.54) is 42.6 Å². The van der Waals surface area contributed by atoms with E-state index >= 15 is 0 Å². The summed E-state index contributed by atoms with van der Waals surface area (Å²) in [6.07, 6.45) is 4.06. The molecule has 2 heteroatoms. The molecular formula is C16H24N2. The highest BCUT2D eigenvalue weighted by Gasteiger charge is 2.25. The topological polar surface area (TPSA) is 15.3 Å². The van der Waals surface area contributed by atoms with Gasteiger partial charge in [0.05, 0.1) is 0 Å². The molecule has 0 radical (unpaired) electrons. The molecule has 1 aromatic carbocycles. The third kappa shape index (κ3) is 2.69. The average molecular weight is 244 g/mol. The molecule has 98 valence electrons. The van der Waals surface area contributed by atoms with Crippen LogP contribution in [-0.4, -0.2) is 24.0 Å².